The minimum atomic E-state index is -0.145. The largest absolute Gasteiger partial charge is 0.496 e. The normalized spacial score (nSPS) is 10.7. The molecule has 0 aliphatic rings. The molecule has 7 nitrogen and oxygen atoms in total. The number of methoxy groups -OCH3 is 1. The van der Waals surface area contributed by atoms with Gasteiger partial charge in [0.1, 0.15) is 11.5 Å². The average molecular weight is 358 g/mol. The number of carbonyl (C=O) groups excluding carboxylic acids is 1. The predicted octanol–water partition coefficient (Wildman–Crippen LogP) is 4.03. The molecule has 0 aliphatic heterocycles. The van der Waals surface area contributed by atoms with E-state index >= 15 is 0 Å². The van der Waals surface area contributed by atoms with Gasteiger partial charge in [-0.3, -0.25) is 10.1 Å². The molecule has 1 aromatic carbocycles. The molecule has 26 heavy (non-hydrogen) atoms. The van der Waals surface area contributed by atoms with Crippen molar-refractivity contribution >= 4 is 17.7 Å². The highest BCUT2D eigenvalue weighted by atomic mass is 16.5. The van der Waals surface area contributed by atoms with Gasteiger partial charge in [-0.2, -0.15) is 4.98 Å². The second-order valence-corrected chi connectivity index (χ2v) is 6.36. The Labute approximate surface area is 153 Å². The summed E-state index contributed by atoms with van der Waals surface area (Å²) in [5.74, 6) is 2.24. The molecule has 0 radical (unpaired) electrons. The second-order valence-electron chi connectivity index (χ2n) is 6.36. The number of ether oxygens (including phenoxy) is 2. The van der Waals surface area contributed by atoms with Gasteiger partial charge in [-0.25, -0.2) is 4.98 Å². The van der Waals surface area contributed by atoms with E-state index in [4.69, 9.17) is 15.2 Å². The van der Waals surface area contributed by atoms with Crippen LogP contribution in [0.15, 0.2) is 18.3 Å². The number of aromatic nitrogens is 2. The van der Waals surface area contributed by atoms with Crippen molar-refractivity contribution in [1.29, 1.82) is 0 Å². The SMILES string of the molecule is CCCC(=O)Nc1ncc(Oc2cc(C)c(OC)cc2C(C)C)c(N)n1. The van der Waals surface area contributed by atoms with Gasteiger partial charge in [0.2, 0.25) is 11.9 Å². The zero-order valence-corrected chi connectivity index (χ0v) is 15.9. The number of benzene rings is 1. The molecule has 140 valence electrons. The van der Waals surface area contributed by atoms with Crippen molar-refractivity contribution in [3.63, 3.8) is 0 Å². The molecule has 0 atom stereocenters. The van der Waals surface area contributed by atoms with Crippen molar-refractivity contribution in [2.24, 2.45) is 0 Å². The average Bonchev–Trinajstić information content (AvgIpc) is 2.57. The van der Waals surface area contributed by atoms with Crippen molar-refractivity contribution in [1.82, 2.24) is 9.97 Å². The zero-order valence-electron chi connectivity index (χ0n) is 15.9. The first-order valence-electron chi connectivity index (χ1n) is 8.64. The van der Waals surface area contributed by atoms with Gasteiger partial charge in [-0.1, -0.05) is 20.8 Å². The van der Waals surface area contributed by atoms with Gasteiger partial charge in [0.25, 0.3) is 0 Å². The summed E-state index contributed by atoms with van der Waals surface area (Å²) in [6.45, 7) is 8.02. The van der Waals surface area contributed by atoms with Crippen LogP contribution in [0.1, 0.15) is 50.7 Å². The first-order valence-corrected chi connectivity index (χ1v) is 8.64. The lowest BCUT2D eigenvalue weighted by Crippen LogP contribution is -2.14. The molecular formula is C19H26N4O3. The zero-order chi connectivity index (χ0) is 19.3. The van der Waals surface area contributed by atoms with Crippen molar-refractivity contribution < 1.29 is 14.3 Å². The quantitative estimate of drug-likeness (QED) is 0.775. The summed E-state index contributed by atoms with van der Waals surface area (Å²) >= 11 is 0. The molecule has 3 N–H and O–H groups in total. The first kappa shape index (κ1) is 19.5. The van der Waals surface area contributed by atoms with E-state index in [1.807, 2.05) is 26.0 Å². The van der Waals surface area contributed by atoms with E-state index in [2.05, 4.69) is 29.1 Å². The lowest BCUT2D eigenvalue weighted by molar-refractivity contribution is -0.116. The van der Waals surface area contributed by atoms with Crippen LogP contribution in [0.3, 0.4) is 0 Å². The Hall–Kier alpha value is -2.83. The molecule has 2 aromatic rings. The minimum absolute atomic E-state index is 0.145. The molecule has 0 spiro atoms. The Morgan fingerprint density at radius 3 is 2.58 bits per heavy atom. The van der Waals surface area contributed by atoms with E-state index in [1.54, 1.807) is 7.11 Å². The van der Waals surface area contributed by atoms with Crippen LogP contribution >= 0.6 is 0 Å². The number of nitrogen functional groups attached to an aromatic ring is 1. The minimum Gasteiger partial charge on any atom is -0.496 e. The van der Waals surface area contributed by atoms with Gasteiger partial charge in [-0.05, 0) is 37.0 Å². The molecule has 0 saturated heterocycles. The number of amides is 1. The van der Waals surface area contributed by atoms with Gasteiger partial charge in [0.05, 0.1) is 13.3 Å². The molecular weight excluding hydrogens is 332 g/mol. The molecule has 0 unspecified atom stereocenters. The van der Waals surface area contributed by atoms with Crippen LogP contribution in [0.4, 0.5) is 11.8 Å². The number of anilines is 2. The molecule has 1 amide bonds. The van der Waals surface area contributed by atoms with Crippen LogP contribution in [-0.2, 0) is 4.79 Å². The summed E-state index contributed by atoms with van der Waals surface area (Å²) in [5.41, 5.74) is 7.93. The van der Waals surface area contributed by atoms with Crippen molar-refractivity contribution in [2.75, 3.05) is 18.2 Å². The van der Waals surface area contributed by atoms with Gasteiger partial charge in [0, 0.05) is 12.0 Å². The fourth-order valence-corrected chi connectivity index (χ4v) is 2.49. The van der Waals surface area contributed by atoms with Gasteiger partial charge < -0.3 is 15.2 Å². The second kappa shape index (κ2) is 8.51. The number of hydrogen-bond acceptors (Lipinski definition) is 6. The molecule has 0 bridgehead atoms. The van der Waals surface area contributed by atoms with Crippen molar-refractivity contribution in [3.05, 3.63) is 29.5 Å². The number of hydrogen-bond donors (Lipinski definition) is 2. The summed E-state index contributed by atoms with van der Waals surface area (Å²) in [6, 6.07) is 3.87. The number of nitrogens with two attached hydrogens (primary N) is 1. The maximum Gasteiger partial charge on any atom is 0.231 e. The van der Waals surface area contributed by atoms with Crippen LogP contribution < -0.4 is 20.5 Å². The van der Waals surface area contributed by atoms with E-state index in [1.165, 1.54) is 6.20 Å². The van der Waals surface area contributed by atoms with Gasteiger partial charge >= 0.3 is 0 Å². The fourth-order valence-electron chi connectivity index (χ4n) is 2.49. The number of aryl methyl sites for hydroxylation is 1. The van der Waals surface area contributed by atoms with Crippen LogP contribution in [-0.4, -0.2) is 23.0 Å². The maximum atomic E-state index is 11.6. The lowest BCUT2D eigenvalue weighted by Gasteiger charge is -2.17. The highest BCUT2D eigenvalue weighted by Gasteiger charge is 2.15. The Morgan fingerprint density at radius 2 is 2.00 bits per heavy atom. The van der Waals surface area contributed by atoms with Crippen LogP contribution in [0.25, 0.3) is 0 Å². The Kier molecular flexibility index (Phi) is 6.38. The summed E-state index contributed by atoms with van der Waals surface area (Å²) in [5, 5.41) is 2.62. The standard InChI is InChI=1S/C19H26N4O3/c1-6-7-17(24)22-19-21-10-16(18(20)23-19)26-15-8-12(4)14(25-5)9-13(15)11(2)3/h8-11H,6-7H2,1-5H3,(H3,20,21,22,23,24). The Balaban J connectivity index is 2.28. The molecule has 0 fully saturated rings. The number of nitrogens with zero attached hydrogens (tertiary/aromatic N) is 2. The number of carbonyl (C=O) groups is 1. The molecule has 0 aliphatic carbocycles. The Bertz CT molecular complexity index is 791. The van der Waals surface area contributed by atoms with Crippen LogP contribution in [0.5, 0.6) is 17.2 Å². The summed E-state index contributed by atoms with van der Waals surface area (Å²) in [7, 11) is 1.64. The number of rotatable bonds is 7. The molecule has 0 saturated carbocycles. The fraction of sp³-hybridized carbons (Fsp3) is 0.421. The smallest absolute Gasteiger partial charge is 0.231 e. The lowest BCUT2D eigenvalue weighted by atomic mass is 10.00. The number of nitrogens with one attached hydrogen (secondary N) is 1. The van der Waals surface area contributed by atoms with E-state index in [0.29, 0.717) is 17.9 Å². The van der Waals surface area contributed by atoms with E-state index in [0.717, 1.165) is 23.3 Å². The maximum absolute atomic E-state index is 11.6. The topological polar surface area (TPSA) is 99.4 Å². The third-order valence-corrected chi connectivity index (χ3v) is 3.88. The van der Waals surface area contributed by atoms with E-state index in [9.17, 15) is 4.79 Å². The summed E-state index contributed by atoms with van der Waals surface area (Å²) in [4.78, 5) is 19.9. The van der Waals surface area contributed by atoms with Crippen LogP contribution in [0, 0.1) is 6.92 Å². The Morgan fingerprint density at radius 1 is 1.27 bits per heavy atom. The monoisotopic (exact) mass is 358 g/mol. The highest BCUT2D eigenvalue weighted by molar-refractivity contribution is 5.89. The van der Waals surface area contributed by atoms with Crippen LogP contribution in [0.2, 0.25) is 0 Å². The molecule has 1 aromatic heterocycles. The first-order chi connectivity index (χ1) is 12.3. The van der Waals surface area contributed by atoms with Gasteiger partial charge in [0.15, 0.2) is 11.6 Å². The molecule has 1 heterocycles. The third-order valence-electron chi connectivity index (χ3n) is 3.88. The van der Waals surface area contributed by atoms with Gasteiger partial charge in [-0.15, -0.1) is 0 Å². The highest BCUT2D eigenvalue weighted by Crippen LogP contribution is 2.37. The predicted molar refractivity (Wildman–Crippen MR) is 102 cm³/mol. The van der Waals surface area contributed by atoms with Crippen molar-refractivity contribution in [2.45, 2.75) is 46.5 Å². The van der Waals surface area contributed by atoms with E-state index in [-0.39, 0.29) is 23.6 Å². The molecule has 7 heteroatoms. The summed E-state index contributed by atoms with van der Waals surface area (Å²) in [6.07, 6.45) is 2.62. The molecule has 2 rings (SSSR count). The summed E-state index contributed by atoms with van der Waals surface area (Å²) < 4.78 is 11.4. The van der Waals surface area contributed by atoms with Crippen molar-refractivity contribution in [3.8, 4) is 17.2 Å². The van der Waals surface area contributed by atoms with E-state index < -0.39 is 0 Å². The third kappa shape index (κ3) is 4.62.